The fourth-order valence-electron chi connectivity index (χ4n) is 2.82. The van der Waals surface area contributed by atoms with Gasteiger partial charge in [0.05, 0.1) is 5.69 Å². The van der Waals surface area contributed by atoms with Crippen molar-refractivity contribution in [3.8, 4) is 11.3 Å². The van der Waals surface area contributed by atoms with Crippen molar-refractivity contribution >= 4 is 17.5 Å². The number of aryl methyl sites for hydroxylation is 1. The Kier molecular flexibility index (Phi) is 4.08. The van der Waals surface area contributed by atoms with Crippen molar-refractivity contribution in [1.82, 2.24) is 9.97 Å². The smallest absolute Gasteiger partial charge is 0.226 e. The van der Waals surface area contributed by atoms with Crippen LogP contribution in [0.1, 0.15) is 18.4 Å². The Labute approximate surface area is 130 Å². The second kappa shape index (κ2) is 6.00. The van der Waals surface area contributed by atoms with Crippen LogP contribution >= 0.6 is 11.6 Å². The molecule has 3 rings (SSSR count). The molecule has 0 saturated carbocycles. The van der Waals surface area contributed by atoms with Crippen LogP contribution in [0.25, 0.3) is 11.3 Å². The van der Waals surface area contributed by atoms with Crippen molar-refractivity contribution in [2.24, 2.45) is 5.73 Å². The Morgan fingerprint density at radius 1 is 1.33 bits per heavy atom. The summed E-state index contributed by atoms with van der Waals surface area (Å²) in [6.07, 6.45) is 4.15. The highest BCUT2D eigenvalue weighted by Gasteiger charge is 2.25. The van der Waals surface area contributed by atoms with E-state index in [2.05, 4.69) is 9.88 Å². The van der Waals surface area contributed by atoms with Crippen molar-refractivity contribution in [2.45, 2.75) is 25.8 Å². The van der Waals surface area contributed by atoms with Crippen LogP contribution in [-0.4, -0.2) is 29.1 Å². The molecule has 1 saturated heterocycles. The number of hydrogen-bond acceptors (Lipinski definition) is 4. The molecule has 5 heteroatoms. The molecule has 1 fully saturated rings. The van der Waals surface area contributed by atoms with Gasteiger partial charge in [-0.15, -0.1) is 0 Å². The molecule has 0 amide bonds. The number of benzene rings is 1. The van der Waals surface area contributed by atoms with Crippen LogP contribution < -0.4 is 10.6 Å². The summed E-state index contributed by atoms with van der Waals surface area (Å²) >= 11 is 5.96. The number of nitrogens with two attached hydrogens (primary N) is 1. The molecule has 2 aromatic rings. The number of hydrogen-bond donors (Lipinski definition) is 1. The lowest BCUT2D eigenvalue weighted by Crippen LogP contribution is -2.36. The van der Waals surface area contributed by atoms with E-state index in [1.807, 2.05) is 37.4 Å². The minimum absolute atomic E-state index is 0.353. The lowest BCUT2D eigenvalue weighted by Gasteiger charge is -2.24. The third-order valence-corrected chi connectivity index (χ3v) is 4.23. The standard InChI is InChI=1S/C16H19ClN4/c1-11-10-19-16(21-8-2-3-14(21)9-18)20-15(11)12-4-6-13(17)7-5-12/h4-7,10,14H,2-3,8-9,18H2,1H3. The van der Waals surface area contributed by atoms with Crippen LogP contribution in [0.3, 0.4) is 0 Å². The third kappa shape index (κ3) is 2.87. The van der Waals surface area contributed by atoms with Crippen molar-refractivity contribution in [1.29, 1.82) is 0 Å². The van der Waals surface area contributed by atoms with E-state index in [1.165, 1.54) is 0 Å². The Hall–Kier alpha value is -1.65. The quantitative estimate of drug-likeness (QED) is 0.947. The van der Waals surface area contributed by atoms with Gasteiger partial charge in [0.15, 0.2) is 0 Å². The van der Waals surface area contributed by atoms with E-state index >= 15 is 0 Å². The number of rotatable bonds is 3. The average molecular weight is 303 g/mol. The van der Waals surface area contributed by atoms with Gasteiger partial charge in [0.2, 0.25) is 5.95 Å². The third-order valence-electron chi connectivity index (χ3n) is 3.98. The van der Waals surface area contributed by atoms with Crippen LogP contribution in [0.4, 0.5) is 5.95 Å². The molecule has 0 bridgehead atoms. The van der Waals surface area contributed by atoms with Crippen molar-refractivity contribution in [3.05, 3.63) is 41.0 Å². The SMILES string of the molecule is Cc1cnc(N2CCCC2CN)nc1-c1ccc(Cl)cc1. The number of aromatic nitrogens is 2. The first kappa shape index (κ1) is 14.3. The molecular weight excluding hydrogens is 284 g/mol. The second-order valence-electron chi connectivity index (χ2n) is 5.43. The lowest BCUT2D eigenvalue weighted by atomic mass is 10.1. The fourth-order valence-corrected chi connectivity index (χ4v) is 2.94. The van der Waals surface area contributed by atoms with E-state index in [-0.39, 0.29) is 0 Å². The maximum atomic E-state index is 5.96. The first-order valence-corrected chi connectivity index (χ1v) is 7.63. The van der Waals surface area contributed by atoms with Crippen LogP contribution in [0.5, 0.6) is 0 Å². The molecule has 2 heterocycles. The summed E-state index contributed by atoms with van der Waals surface area (Å²) in [5.41, 5.74) is 8.92. The van der Waals surface area contributed by atoms with E-state index in [1.54, 1.807) is 0 Å². The second-order valence-corrected chi connectivity index (χ2v) is 5.87. The van der Waals surface area contributed by atoms with Crippen LogP contribution in [0.15, 0.2) is 30.5 Å². The van der Waals surface area contributed by atoms with E-state index in [9.17, 15) is 0 Å². The van der Waals surface area contributed by atoms with Gasteiger partial charge in [0.1, 0.15) is 0 Å². The van der Waals surface area contributed by atoms with Crippen molar-refractivity contribution < 1.29 is 0 Å². The first-order valence-electron chi connectivity index (χ1n) is 7.25. The predicted octanol–water partition coefficient (Wildman–Crippen LogP) is 3.03. The Balaban J connectivity index is 1.98. The summed E-state index contributed by atoms with van der Waals surface area (Å²) in [5, 5.41) is 0.730. The maximum absolute atomic E-state index is 5.96. The van der Waals surface area contributed by atoms with Gasteiger partial charge >= 0.3 is 0 Å². The molecule has 1 aromatic heterocycles. The van der Waals surface area contributed by atoms with Gasteiger partial charge in [0, 0.05) is 35.9 Å². The molecule has 1 aromatic carbocycles. The highest BCUT2D eigenvalue weighted by atomic mass is 35.5. The minimum atomic E-state index is 0.353. The fraction of sp³-hybridized carbons (Fsp3) is 0.375. The van der Waals surface area contributed by atoms with E-state index in [4.69, 9.17) is 22.3 Å². The van der Waals surface area contributed by atoms with Gasteiger partial charge in [-0.3, -0.25) is 0 Å². The molecule has 1 aliphatic rings. The average Bonchev–Trinajstić information content (AvgIpc) is 2.97. The highest BCUT2D eigenvalue weighted by Crippen LogP contribution is 2.27. The zero-order valence-electron chi connectivity index (χ0n) is 12.1. The molecular formula is C16H19ClN4. The number of halogens is 1. The van der Waals surface area contributed by atoms with Crippen LogP contribution in [0, 0.1) is 6.92 Å². The van der Waals surface area contributed by atoms with E-state index in [0.29, 0.717) is 12.6 Å². The highest BCUT2D eigenvalue weighted by molar-refractivity contribution is 6.30. The van der Waals surface area contributed by atoms with Crippen LogP contribution in [0.2, 0.25) is 5.02 Å². The maximum Gasteiger partial charge on any atom is 0.226 e. The topological polar surface area (TPSA) is 55.0 Å². The zero-order chi connectivity index (χ0) is 14.8. The van der Waals surface area contributed by atoms with E-state index in [0.717, 1.165) is 47.2 Å². The molecule has 110 valence electrons. The van der Waals surface area contributed by atoms with Gasteiger partial charge in [-0.25, -0.2) is 9.97 Å². The number of anilines is 1. The summed E-state index contributed by atoms with van der Waals surface area (Å²) in [6, 6.07) is 8.11. The summed E-state index contributed by atoms with van der Waals surface area (Å²) < 4.78 is 0. The Morgan fingerprint density at radius 3 is 2.81 bits per heavy atom. The lowest BCUT2D eigenvalue weighted by molar-refractivity contribution is 0.664. The van der Waals surface area contributed by atoms with Gasteiger partial charge in [0.25, 0.3) is 0 Å². The monoisotopic (exact) mass is 302 g/mol. The van der Waals surface area contributed by atoms with Gasteiger partial charge in [-0.05, 0) is 37.5 Å². The summed E-state index contributed by atoms with van der Waals surface area (Å²) in [5.74, 6) is 0.776. The van der Waals surface area contributed by atoms with Crippen molar-refractivity contribution in [2.75, 3.05) is 18.0 Å². The molecule has 0 spiro atoms. The molecule has 1 aliphatic heterocycles. The summed E-state index contributed by atoms with van der Waals surface area (Å²) in [6.45, 7) is 3.65. The van der Waals surface area contributed by atoms with E-state index < -0.39 is 0 Å². The van der Waals surface area contributed by atoms with Gasteiger partial charge in [-0.2, -0.15) is 0 Å². The molecule has 1 unspecified atom stereocenters. The minimum Gasteiger partial charge on any atom is -0.337 e. The summed E-state index contributed by atoms with van der Waals surface area (Å²) in [4.78, 5) is 11.5. The van der Waals surface area contributed by atoms with Gasteiger partial charge < -0.3 is 10.6 Å². The normalized spacial score (nSPS) is 18.2. The first-order chi connectivity index (χ1) is 10.2. The molecule has 0 aliphatic carbocycles. The Morgan fingerprint density at radius 2 is 2.10 bits per heavy atom. The molecule has 0 radical (unpaired) electrons. The zero-order valence-corrected chi connectivity index (χ0v) is 12.8. The molecule has 1 atom stereocenters. The van der Waals surface area contributed by atoms with Gasteiger partial charge in [-0.1, -0.05) is 23.7 Å². The van der Waals surface area contributed by atoms with Crippen molar-refractivity contribution in [3.63, 3.8) is 0 Å². The molecule has 4 nitrogen and oxygen atoms in total. The largest absolute Gasteiger partial charge is 0.337 e. The molecule has 21 heavy (non-hydrogen) atoms. The Bertz CT molecular complexity index is 627. The predicted molar refractivity (Wildman–Crippen MR) is 86.6 cm³/mol. The number of nitrogens with zero attached hydrogens (tertiary/aromatic N) is 3. The van der Waals surface area contributed by atoms with Crippen LogP contribution in [-0.2, 0) is 0 Å². The summed E-state index contributed by atoms with van der Waals surface area (Å²) in [7, 11) is 0. The molecule has 2 N–H and O–H groups in total.